The standard InChI is InChI=1S/C16H27NS/c1-12(2)18-11-15(17-6)13-7-9-14(10-8-13)16(3,4)5/h7-10,12,15,17H,11H2,1-6H3. The van der Waals surface area contributed by atoms with E-state index in [1.807, 2.05) is 18.8 Å². The van der Waals surface area contributed by atoms with Crippen molar-refractivity contribution in [3.63, 3.8) is 0 Å². The summed E-state index contributed by atoms with van der Waals surface area (Å²) in [6.45, 7) is 11.3. The summed E-state index contributed by atoms with van der Waals surface area (Å²) in [5.41, 5.74) is 3.02. The quantitative estimate of drug-likeness (QED) is 0.847. The first kappa shape index (κ1) is 15.6. The van der Waals surface area contributed by atoms with Crippen molar-refractivity contribution in [2.75, 3.05) is 12.8 Å². The molecule has 0 saturated heterocycles. The lowest BCUT2D eigenvalue weighted by Crippen LogP contribution is -2.20. The van der Waals surface area contributed by atoms with Crippen LogP contribution in [0.2, 0.25) is 0 Å². The van der Waals surface area contributed by atoms with Crippen LogP contribution < -0.4 is 5.32 Å². The summed E-state index contributed by atoms with van der Waals surface area (Å²) in [4.78, 5) is 0. The predicted octanol–water partition coefficient (Wildman–Crippen LogP) is 4.39. The third kappa shape index (κ3) is 4.66. The molecule has 0 bridgehead atoms. The first-order chi connectivity index (χ1) is 8.34. The fraction of sp³-hybridized carbons (Fsp3) is 0.625. The van der Waals surface area contributed by atoms with Crippen molar-refractivity contribution in [2.24, 2.45) is 0 Å². The van der Waals surface area contributed by atoms with Crippen LogP contribution in [0.15, 0.2) is 24.3 Å². The maximum Gasteiger partial charge on any atom is 0.0409 e. The summed E-state index contributed by atoms with van der Waals surface area (Å²) in [6, 6.07) is 9.51. The second kappa shape index (κ2) is 6.63. The Morgan fingerprint density at radius 1 is 1.11 bits per heavy atom. The number of thioether (sulfide) groups is 1. The van der Waals surface area contributed by atoms with Gasteiger partial charge in [0.05, 0.1) is 0 Å². The summed E-state index contributed by atoms with van der Waals surface area (Å²) < 4.78 is 0. The van der Waals surface area contributed by atoms with Gasteiger partial charge in [-0.15, -0.1) is 0 Å². The minimum atomic E-state index is 0.236. The molecule has 0 heterocycles. The highest BCUT2D eigenvalue weighted by molar-refractivity contribution is 7.99. The third-order valence-corrected chi connectivity index (χ3v) is 4.32. The van der Waals surface area contributed by atoms with Gasteiger partial charge in [-0.3, -0.25) is 0 Å². The largest absolute Gasteiger partial charge is 0.312 e. The van der Waals surface area contributed by atoms with Gasteiger partial charge in [-0.25, -0.2) is 0 Å². The van der Waals surface area contributed by atoms with Crippen LogP contribution in [0.3, 0.4) is 0 Å². The molecular formula is C16H27NS. The Labute approximate surface area is 117 Å². The van der Waals surface area contributed by atoms with Crippen LogP contribution in [0.4, 0.5) is 0 Å². The van der Waals surface area contributed by atoms with Crippen LogP contribution in [-0.2, 0) is 5.41 Å². The fourth-order valence-electron chi connectivity index (χ4n) is 1.85. The molecule has 0 fully saturated rings. The van der Waals surface area contributed by atoms with E-state index in [0.29, 0.717) is 11.3 Å². The molecule has 1 nitrogen and oxygen atoms in total. The average molecular weight is 265 g/mol. The highest BCUT2D eigenvalue weighted by Gasteiger charge is 2.15. The van der Waals surface area contributed by atoms with Crippen LogP contribution in [0, 0.1) is 0 Å². The minimum Gasteiger partial charge on any atom is -0.312 e. The Bertz CT molecular complexity index is 348. The normalized spacial score (nSPS) is 13.9. The van der Waals surface area contributed by atoms with Gasteiger partial charge in [-0.1, -0.05) is 58.9 Å². The lowest BCUT2D eigenvalue weighted by Gasteiger charge is -2.22. The van der Waals surface area contributed by atoms with Crippen molar-refractivity contribution in [2.45, 2.75) is 51.3 Å². The Morgan fingerprint density at radius 2 is 1.67 bits per heavy atom. The van der Waals surface area contributed by atoms with E-state index >= 15 is 0 Å². The second-order valence-corrected chi connectivity index (χ2v) is 7.70. The molecule has 0 amide bonds. The molecule has 1 N–H and O–H groups in total. The van der Waals surface area contributed by atoms with Gasteiger partial charge in [0.25, 0.3) is 0 Å². The van der Waals surface area contributed by atoms with Gasteiger partial charge < -0.3 is 5.32 Å². The summed E-state index contributed by atoms with van der Waals surface area (Å²) in [6.07, 6.45) is 0. The molecule has 1 aromatic rings. The van der Waals surface area contributed by atoms with E-state index in [9.17, 15) is 0 Å². The first-order valence-electron chi connectivity index (χ1n) is 6.74. The van der Waals surface area contributed by atoms with Gasteiger partial charge in [0.15, 0.2) is 0 Å². The summed E-state index contributed by atoms with van der Waals surface area (Å²) in [5.74, 6) is 1.13. The molecule has 1 unspecified atom stereocenters. The number of hydrogen-bond acceptors (Lipinski definition) is 2. The van der Waals surface area contributed by atoms with E-state index in [1.54, 1.807) is 0 Å². The SMILES string of the molecule is CNC(CSC(C)C)c1ccc(C(C)(C)C)cc1. The van der Waals surface area contributed by atoms with Gasteiger partial charge >= 0.3 is 0 Å². The van der Waals surface area contributed by atoms with Crippen LogP contribution in [0.1, 0.15) is 51.8 Å². The van der Waals surface area contributed by atoms with E-state index in [-0.39, 0.29) is 5.41 Å². The zero-order valence-electron chi connectivity index (χ0n) is 12.6. The van der Waals surface area contributed by atoms with Crippen molar-refractivity contribution in [1.82, 2.24) is 5.32 Å². The number of nitrogens with one attached hydrogen (secondary N) is 1. The minimum absolute atomic E-state index is 0.236. The Kier molecular flexibility index (Phi) is 5.74. The van der Waals surface area contributed by atoms with Crippen molar-refractivity contribution < 1.29 is 0 Å². The van der Waals surface area contributed by atoms with Gasteiger partial charge in [0, 0.05) is 11.8 Å². The molecule has 102 valence electrons. The van der Waals surface area contributed by atoms with Crippen LogP contribution in [0.25, 0.3) is 0 Å². The molecule has 0 radical (unpaired) electrons. The van der Waals surface area contributed by atoms with Gasteiger partial charge in [0.1, 0.15) is 0 Å². The summed E-state index contributed by atoms with van der Waals surface area (Å²) in [5, 5.41) is 4.10. The Balaban J connectivity index is 2.76. The molecule has 18 heavy (non-hydrogen) atoms. The van der Waals surface area contributed by atoms with E-state index in [4.69, 9.17) is 0 Å². The number of rotatable bonds is 5. The maximum absolute atomic E-state index is 3.41. The van der Waals surface area contributed by atoms with Crippen LogP contribution in [0.5, 0.6) is 0 Å². The summed E-state index contributed by atoms with van der Waals surface area (Å²) >= 11 is 2.01. The number of benzene rings is 1. The highest BCUT2D eigenvalue weighted by Crippen LogP contribution is 2.25. The zero-order chi connectivity index (χ0) is 13.8. The second-order valence-electron chi connectivity index (χ2n) is 6.10. The molecule has 0 aromatic heterocycles. The molecule has 2 heteroatoms. The van der Waals surface area contributed by atoms with Crippen molar-refractivity contribution in [1.29, 1.82) is 0 Å². The Morgan fingerprint density at radius 3 is 2.06 bits per heavy atom. The molecular weight excluding hydrogens is 238 g/mol. The van der Waals surface area contributed by atoms with Gasteiger partial charge in [0.2, 0.25) is 0 Å². The zero-order valence-corrected chi connectivity index (χ0v) is 13.4. The highest BCUT2D eigenvalue weighted by atomic mass is 32.2. The molecule has 0 spiro atoms. The molecule has 0 saturated carbocycles. The van der Waals surface area contributed by atoms with E-state index in [1.165, 1.54) is 11.1 Å². The fourth-order valence-corrected chi connectivity index (χ4v) is 2.79. The molecule has 1 rings (SSSR count). The van der Waals surface area contributed by atoms with E-state index < -0.39 is 0 Å². The van der Waals surface area contributed by atoms with Crippen molar-refractivity contribution >= 4 is 11.8 Å². The Hall–Kier alpha value is -0.470. The van der Waals surface area contributed by atoms with Crippen LogP contribution >= 0.6 is 11.8 Å². The van der Waals surface area contributed by atoms with Gasteiger partial charge in [-0.2, -0.15) is 11.8 Å². The molecule has 0 aliphatic heterocycles. The van der Waals surface area contributed by atoms with E-state index in [2.05, 4.69) is 64.2 Å². The lowest BCUT2D eigenvalue weighted by atomic mass is 9.86. The molecule has 1 aromatic carbocycles. The number of hydrogen-bond donors (Lipinski definition) is 1. The topological polar surface area (TPSA) is 12.0 Å². The smallest absolute Gasteiger partial charge is 0.0409 e. The van der Waals surface area contributed by atoms with Gasteiger partial charge in [-0.05, 0) is 28.8 Å². The van der Waals surface area contributed by atoms with Crippen LogP contribution in [-0.4, -0.2) is 18.1 Å². The molecule has 0 aliphatic carbocycles. The summed E-state index contributed by atoms with van der Waals surface area (Å²) in [7, 11) is 2.04. The predicted molar refractivity (Wildman–Crippen MR) is 84.5 cm³/mol. The maximum atomic E-state index is 3.41. The molecule has 0 aliphatic rings. The van der Waals surface area contributed by atoms with Crippen molar-refractivity contribution in [3.05, 3.63) is 35.4 Å². The van der Waals surface area contributed by atoms with Crippen molar-refractivity contribution in [3.8, 4) is 0 Å². The lowest BCUT2D eigenvalue weighted by molar-refractivity contribution is 0.588. The molecule has 1 atom stereocenters. The van der Waals surface area contributed by atoms with E-state index in [0.717, 1.165) is 5.75 Å². The average Bonchev–Trinajstić information content (AvgIpc) is 2.29. The monoisotopic (exact) mass is 265 g/mol. The third-order valence-electron chi connectivity index (χ3n) is 3.12. The first-order valence-corrected chi connectivity index (χ1v) is 7.78.